The van der Waals surface area contributed by atoms with Gasteiger partial charge in [-0.25, -0.2) is 0 Å². The average Bonchev–Trinajstić information content (AvgIpc) is 2.39. The van der Waals surface area contributed by atoms with Gasteiger partial charge in [0.05, 0.1) is 5.52 Å². The Kier molecular flexibility index (Phi) is 2.65. The monoisotopic (exact) mass is 283 g/mol. The molecule has 0 aliphatic rings. The molecule has 3 aromatic rings. The Morgan fingerprint density at radius 3 is 2.41 bits per heavy atom. The van der Waals surface area contributed by atoms with E-state index in [-0.39, 0.29) is 0 Å². The minimum atomic E-state index is 1.04. The Morgan fingerprint density at radius 2 is 1.59 bits per heavy atom. The molecular weight excluding hydrogens is 274 g/mol. The summed E-state index contributed by atoms with van der Waals surface area (Å²) >= 11 is 3.46. The van der Waals surface area contributed by atoms with E-state index in [1.165, 1.54) is 16.5 Å². The molecule has 0 fully saturated rings. The van der Waals surface area contributed by atoms with E-state index in [9.17, 15) is 0 Å². The van der Waals surface area contributed by atoms with Gasteiger partial charge in [0.25, 0.3) is 0 Å². The minimum Gasteiger partial charge on any atom is -0.256 e. The van der Waals surface area contributed by atoms with E-state index in [0.717, 1.165) is 9.99 Å². The molecule has 0 N–H and O–H groups in total. The molecule has 0 aliphatic heterocycles. The van der Waals surface area contributed by atoms with Crippen LogP contribution in [0.25, 0.3) is 22.0 Å². The topological polar surface area (TPSA) is 12.9 Å². The quantitative estimate of drug-likeness (QED) is 0.633. The zero-order valence-corrected chi connectivity index (χ0v) is 10.7. The lowest BCUT2D eigenvalue weighted by Gasteiger charge is -2.06. The first-order valence-electron chi connectivity index (χ1n) is 5.44. The van der Waals surface area contributed by atoms with E-state index in [1.807, 2.05) is 24.4 Å². The Morgan fingerprint density at radius 1 is 0.824 bits per heavy atom. The van der Waals surface area contributed by atoms with Crippen LogP contribution < -0.4 is 0 Å². The molecule has 82 valence electrons. The van der Waals surface area contributed by atoms with Gasteiger partial charge < -0.3 is 0 Å². The summed E-state index contributed by atoms with van der Waals surface area (Å²) < 4.78 is 1.10. The molecule has 0 unspecified atom stereocenters. The Hall–Kier alpha value is -1.67. The third-order valence-electron chi connectivity index (χ3n) is 2.80. The van der Waals surface area contributed by atoms with Crippen LogP contribution in [0, 0.1) is 0 Å². The molecule has 0 radical (unpaired) electrons. The first-order chi connectivity index (χ1) is 8.34. The van der Waals surface area contributed by atoms with Gasteiger partial charge in [-0.3, -0.25) is 4.98 Å². The number of pyridine rings is 1. The highest BCUT2D eigenvalue weighted by Crippen LogP contribution is 2.28. The van der Waals surface area contributed by atoms with Crippen molar-refractivity contribution in [1.29, 1.82) is 0 Å². The fourth-order valence-corrected chi connectivity index (χ4v) is 2.24. The van der Waals surface area contributed by atoms with Crippen molar-refractivity contribution in [2.45, 2.75) is 0 Å². The first kappa shape index (κ1) is 10.5. The lowest BCUT2D eigenvalue weighted by atomic mass is 10.0. The molecule has 0 amide bonds. The predicted octanol–water partition coefficient (Wildman–Crippen LogP) is 4.66. The number of aromatic nitrogens is 1. The van der Waals surface area contributed by atoms with Crippen LogP contribution in [-0.2, 0) is 0 Å². The molecule has 0 spiro atoms. The number of hydrogen-bond donors (Lipinski definition) is 0. The third kappa shape index (κ3) is 1.96. The Balaban J connectivity index is 2.27. The molecule has 0 saturated carbocycles. The predicted molar refractivity (Wildman–Crippen MR) is 74.9 cm³/mol. The van der Waals surface area contributed by atoms with Crippen LogP contribution in [0.1, 0.15) is 0 Å². The van der Waals surface area contributed by atoms with Crippen LogP contribution in [0.2, 0.25) is 0 Å². The summed E-state index contributed by atoms with van der Waals surface area (Å²) in [6.45, 7) is 0. The molecule has 0 saturated heterocycles. The fraction of sp³-hybridized carbons (Fsp3) is 0. The number of rotatable bonds is 1. The Labute approximate surface area is 108 Å². The van der Waals surface area contributed by atoms with E-state index in [4.69, 9.17) is 0 Å². The smallest absolute Gasteiger partial charge is 0.0708 e. The molecule has 1 heterocycles. The van der Waals surface area contributed by atoms with Gasteiger partial charge in [0.15, 0.2) is 0 Å². The number of fused-ring (bicyclic) bond motifs is 1. The van der Waals surface area contributed by atoms with Gasteiger partial charge in [-0.2, -0.15) is 0 Å². The van der Waals surface area contributed by atoms with Crippen LogP contribution in [0.3, 0.4) is 0 Å². The second-order valence-corrected chi connectivity index (χ2v) is 4.80. The summed E-state index contributed by atoms with van der Waals surface area (Å²) in [5.74, 6) is 0. The van der Waals surface area contributed by atoms with E-state index >= 15 is 0 Å². The molecule has 0 aliphatic carbocycles. The summed E-state index contributed by atoms with van der Waals surface area (Å²) in [5.41, 5.74) is 3.47. The van der Waals surface area contributed by atoms with Gasteiger partial charge >= 0.3 is 0 Å². The van der Waals surface area contributed by atoms with Gasteiger partial charge in [-0.1, -0.05) is 46.3 Å². The number of benzene rings is 2. The maximum Gasteiger partial charge on any atom is 0.0708 e. The maximum absolute atomic E-state index is 4.38. The van der Waals surface area contributed by atoms with Crippen molar-refractivity contribution >= 4 is 26.8 Å². The minimum absolute atomic E-state index is 1.04. The molecule has 0 atom stereocenters. The van der Waals surface area contributed by atoms with Gasteiger partial charge in [0, 0.05) is 16.1 Å². The second kappa shape index (κ2) is 4.30. The van der Waals surface area contributed by atoms with E-state index < -0.39 is 0 Å². The van der Waals surface area contributed by atoms with Gasteiger partial charge in [0.1, 0.15) is 0 Å². The van der Waals surface area contributed by atoms with Crippen molar-refractivity contribution < 1.29 is 0 Å². The fourth-order valence-electron chi connectivity index (χ4n) is 1.98. The Bertz CT molecular complexity index is 654. The second-order valence-electron chi connectivity index (χ2n) is 3.88. The van der Waals surface area contributed by atoms with Crippen LogP contribution >= 0.6 is 15.9 Å². The lowest BCUT2D eigenvalue weighted by Crippen LogP contribution is -1.83. The largest absolute Gasteiger partial charge is 0.256 e. The summed E-state index contributed by atoms with van der Waals surface area (Å²) in [6, 6.07) is 18.6. The molecular formula is C15H10BrN. The molecule has 2 heteroatoms. The number of hydrogen-bond acceptors (Lipinski definition) is 1. The van der Waals surface area contributed by atoms with Crippen LogP contribution in [0.5, 0.6) is 0 Å². The lowest BCUT2D eigenvalue weighted by molar-refractivity contribution is 1.41. The van der Waals surface area contributed by atoms with Crippen molar-refractivity contribution in [3.8, 4) is 11.1 Å². The summed E-state index contributed by atoms with van der Waals surface area (Å²) in [4.78, 5) is 4.38. The third-order valence-corrected chi connectivity index (χ3v) is 3.33. The molecule has 0 bridgehead atoms. The molecule has 17 heavy (non-hydrogen) atoms. The normalized spacial score (nSPS) is 10.6. The van der Waals surface area contributed by atoms with E-state index in [1.54, 1.807) is 0 Å². The summed E-state index contributed by atoms with van der Waals surface area (Å²) in [5, 5.41) is 1.19. The first-order valence-corrected chi connectivity index (χ1v) is 6.23. The molecule has 1 aromatic heterocycles. The molecule has 1 nitrogen and oxygen atoms in total. The molecule has 2 aromatic carbocycles. The van der Waals surface area contributed by atoms with Crippen molar-refractivity contribution in [3.05, 3.63) is 65.3 Å². The van der Waals surface area contributed by atoms with Crippen molar-refractivity contribution in [2.75, 3.05) is 0 Å². The number of halogens is 1. The average molecular weight is 284 g/mol. The van der Waals surface area contributed by atoms with E-state index in [0.29, 0.717) is 0 Å². The van der Waals surface area contributed by atoms with Crippen molar-refractivity contribution in [1.82, 2.24) is 4.98 Å². The SMILES string of the molecule is Brc1ccc(-c2ccnc3ccccc23)cc1. The summed E-state index contributed by atoms with van der Waals surface area (Å²) in [7, 11) is 0. The summed E-state index contributed by atoms with van der Waals surface area (Å²) in [6.07, 6.45) is 1.86. The maximum atomic E-state index is 4.38. The molecule has 3 rings (SSSR count). The van der Waals surface area contributed by atoms with Crippen molar-refractivity contribution in [3.63, 3.8) is 0 Å². The van der Waals surface area contributed by atoms with E-state index in [2.05, 4.69) is 57.3 Å². The highest BCUT2D eigenvalue weighted by atomic mass is 79.9. The van der Waals surface area contributed by atoms with Crippen LogP contribution in [0.15, 0.2) is 65.3 Å². The standard InChI is InChI=1S/C15H10BrN/c16-12-7-5-11(6-8-12)13-9-10-17-15-4-2-1-3-14(13)15/h1-10H. The van der Waals surface area contributed by atoms with Crippen LogP contribution in [0.4, 0.5) is 0 Å². The number of para-hydroxylation sites is 1. The highest BCUT2D eigenvalue weighted by Gasteiger charge is 2.03. The van der Waals surface area contributed by atoms with Gasteiger partial charge in [-0.05, 0) is 35.4 Å². The number of nitrogens with zero attached hydrogens (tertiary/aromatic N) is 1. The zero-order valence-electron chi connectivity index (χ0n) is 9.10. The zero-order chi connectivity index (χ0) is 11.7. The highest BCUT2D eigenvalue weighted by molar-refractivity contribution is 9.10. The van der Waals surface area contributed by atoms with Gasteiger partial charge in [-0.15, -0.1) is 0 Å². The van der Waals surface area contributed by atoms with Crippen LogP contribution in [-0.4, -0.2) is 4.98 Å². The van der Waals surface area contributed by atoms with Gasteiger partial charge in [0.2, 0.25) is 0 Å². The van der Waals surface area contributed by atoms with Crippen molar-refractivity contribution in [2.24, 2.45) is 0 Å².